The summed E-state index contributed by atoms with van der Waals surface area (Å²) in [5.74, 6) is -0.281. The molecule has 0 aromatic rings. The van der Waals surface area contributed by atoms with Crippen molar-refractivity contribution in [3.63, 3.8) is 0 Å². The molecule has 0 saturated carbocycles. The zero-order valence-electron chi connectivity index (χ0n) is 21.1. The maximum absolute atomic E-state index is 11.8. The van der Waals surface area contributed by atoms with E-state index in [2.05, 4.69) is 13.8 Å². The van der Waals surface area contributed by atoms with Crippen LogP contribution in [0.1, 0.15) is 124 Å². The lowest BCUT2D eigenvalue weighted by molar-refractivity contribution is -0.217. The van der Waals surface area contributed by atoms with Crippen LogP contribution >= 0.6 is 20.2 Å². The first kappa shape index (κ1) is 31.8. The van der Waals surface area contributed by atoms with Gasteiger partial charge >= 0.3 is 11.5 Å². The summed E-state index contributed by atoms with van der Waals surface area (Å²) >= 11 is 1.87. The summed E-state index contributed by atoms with van der Waals surface area (Å²) in [4.78, 5) is 11.8. The molecule has 0 radical (unpaired) electrons. The number of thioether (sulfide) groups is 1. The lowest BCUT2D eigenvalue weighted by Gasteiger charge is -2.31. The van der Waals surface area contributed by atoms with Gasteiger partial charge in [-0.2, -0.15) is 11.8 Å². The molecule has 5 nitrogen and oxygen atoms in total. The highest BCUT2D eigenvalue weighted by Gasteiger charge is 2.45. The van der Waals surface area contributed by atoms with Gasteiger partial charge in [-0.25, -0.2) is 4.79 Å². The van der Waals surface area contributed by atoms with Gasteiger partial charge in [0.2, 0.25) is 8.46 Å². The largest absolute Gasteiger partial charge is 0.477 e. The third-order valence-electron chi connectivity index (χ3n) is 5.68. The molecule has 0 saturated heterocycles. The SMILES string of the molecule is CCCCCCCCCCSC(CCCCCCC)C(C)OC(OCCC)(P=O)C(=O)O. The number of rotatable bonds is 24. The van der Waals surface area contributed by atoms with E-state index >= 15 is 0 Å². The van der Waals surface area contributed by atoms with Crippen LogP contribution in [0.2, 0.25) is 0 Å². The smallest absolute Gasteiger partial charge is 0.377 e. The van der Waals surface area contributed by atoms with Crippen molar-refractivity contribution in [3.8, 4) is 0 Å². The predicted octanol–water partition coefficient (Wildman–Crippen LogP) is 8.45. The molecular formula is C25H49O5PS. The summed E-state index contributed by atoms with van der Waals surface area (Å²) in [5.41, 5.74) is -2.10. The lowest BCUT2D eigenvalue weighted by Crippen LogP contribution is -2.44. The molecule has 0 aliphatic rings. The van der Waals surface area contributed by atoms with E-state index in [0.29, 0.717) is 6.42 Å². The van der Waals surface area contributed by atoms with Gasteiger partial charge in [-0.1, -0.05) is 97.8 Å². The Morgan fingerprint density at radius 1 is 0.875 bits per heavy atom. The molecule has 3 atom stereocenters. The van der Waals surface area contributed by atoms with Crippen molar-refractivity contribution < 1.29 is 23.9 Å². The zero-order valence-corrected chi connectivity index (χ0v) is 22.8. The van der Waals surface area contributed by atoms with E-state index in [1.807, 2.05) is 25.6 Å². The molecule has 0 aromatic carbocycles. The van der Waals surface area contributed by atoms with Gasteiger partial charge in [-0.05, 0) is 31.9 Å². The van der Waals surface area contributed by atoms with E-state index in [0.717, 1.165) is 18.6 Å². The Bertz CT molecular complexity index is 466. The van der Waals surface area contributed by atoms with Crippen LogP contribution in [0.4, 0.5) is 0 Å². The number of hydrogen-bond acceptors (Lipinski definition) is 5. The zero-order chi connectivity index (χ0) is 24.1. The van der Waals surface area contributed by atoms with Crippen LogP contribution in [0.25, 0.3) is 0 Å². The number of carboxylic acids is 1. The van der Waals surface area contributed by atoms with Crippen LogP contribution in [0.15, 0.2) is 0 Å². The van der Waals surface area contributed by atoms with E-state index in [4.69, 9.17) is 9.47 Å². The van der Waals surface area contributed by atoms with Crippen molar-refractivity contribution in [3.05, 3.63) is 0 Å². The van der Waals surface area contributed by atoms with Gasteiger partial charge in [-0.3, -0.25) is 4.57 Å². The van der Waals surface area contributed by atoms with E-state index in [1.54, 1.807) is 0 Å². The van der Waals surface area contributed by atoms with Crippen LogP contribution in [0.5, 0.6) is 0 Å². The quantitative estimate of drug-likeness (QED) is 0.0827. The Balaban J connectivity index is 4.69. The summed E-state index contributed by atoms with van der Waals surface area (Å²) in [6.07, 6.45) is 17.6. The molecule has 0 fully saturated rings. The second-order valence-corrected chi connectivity index (χ2v) is 10.9. The maximum atomic E-state index is 11.8. The van der Waals surface area contributed by atoms with Gasteiger partial charge in [0.15, 0.2) is 0 Å². The molecule has 7 heteroatoms. The molecule has 0 aliphatic carbocycles. The van der Waals surface area contributed by atoms with Crippen LogP contribution in [0.3, 0.4) is 0 Å². The van der Waals surface area contributed by atoms with Gasteiger partial charge in [-0.15, -0.1) is 0 Å². The highest BCUT2D eigenvalue weighted by molar-refractivity contribution is 7.99. The minimum atomic E-state index is -2.10. The van der Waals surface area contributed by atoms with Crippen molar-refractivity contribution in [2.45, 2.75) is 141 Å². The van der Waals surface area contributed by atoms with E-state index in [9.17, 15) is 14.5 Å². The molecule has 0 aromatic heterocycles. The average Bonchev–Trinajstić information content (AvgIpc) is 2.78. The molecule has 1 N–H and O–H groups in total. The highest BCUT2D eigenvalue weighted by atomic mass is 32.2. The van der Waals surface area contributed by atoms with E-state index in [1.165, 1.54) is 77.0 Å². The Hall–Kier alpha value is -0.160. The van der Waals surface area contributed by atoms with Crippen molar-refractivity contribution in [2.75, 3.05) is 12.4 Å². The Kier molecular flexibility index (Phi) is 21.3. The van der Waals surface area contributed by atoms with Crippen molar-refractivity contribution in [2.24, 2.45) is 0 Å². The highest BCUT2D eigenvalue weighted by Crippen LogP contribution is 2.33. The average molecular weight is 493 g/mol. The van der Waals surface area contributed by atoms with Crippen LogP contribution < -0.4 is 0 Å². The maximum Gasteiger partial charge on any atom is 0.377 e. The number of aliphatic carboxylic acids is 1. The molecule has 190 valence electrons. The summed E-state index contributed by atoms with van der Waals surface area (Å²) < 4.78 is 23.0. The minimum absolute atomic E-state index is 0.173. The standard InChI is InChI=1S/C25H49O5PS/c1-5-8-10-12-13-14-16-18-21-32-23(19-17-15-11-9-6-2)22(4)30-25(31-28,24(26)27)29-20-7-3/h22-23H,5-21H2,1-4H3,(H,26,27). The van der Waals surface area contributed by atoms with Crippen LogP contribution in [-0.4, -0.2) is 40.3 Å². The van der Waals surface area contributed by atoms with Gasteiger partial charge in [0, 0.05) is 5.25 Å². The van der Waals surface area contributed by atoms with Crippen molar-refractivity contribution in [1.82, 2.24) is 0 Å². The van der Waals surface area contributed by atoms with E-state index < -0.39 is 20.0 Å². The first-order valence-corrected chi connectivity index (χ1v) is 14.8. The lowest BCUT2D eigenvalue weighted by atomic mass is 10.1. The first-order valence-electron chi connectivity index (χ1n) is 13.0. The number of carboxylic acid groups (broad SMARTS) is 1. The third-order valence-corrected chi connectivity index (χ3v) is 7.92. The molecule has 0 bridgehead atoms. The molecule has 0 rings (SSSR count). The predicted molar refractivity (Wildman–Crippen MR) is 137 cm³/mol. The molecule has 0 aliphatic heterocycles. The van der Waals surface area contributed by atoms with Gasteiger partial charge in [0.25, 0.3) is 0 Å². The molecule has 0 spiro atoms. The molecule has 3 unspecified atom stereocenters. The second-order valence-electron chi connectivity index (χ2n) is 8.74. The van der Waals surface area contributed by atoms with Gasteiger partial charge in [0.05, 0.1) is 12.7 Å². The van der Waals surface area contributed by atoms with Gasteiger partial charge in [0.1, 0.15) is 0 Å². The summed E-state index contributed by atoms with van der Waals surface area (Å²) in [6.45, 7) is 8.44. The number of hydrogen-bond donors (Lipinski definition) is 1. The number of unbranched alkanes of at least 4 members (excludes halogenated alkanes) is 11. The van der Waals surface area contributed by atoms with Crippen LogP contribution in [0, 0.1) is 0 Å². The Labute approximate surface area is 203 Å². The van der Waals surface area contributed by atoms with Crippen molar-refractivity contribution >= 4 is 26.2 Å². The molecule has 0 amide bonds. The van der Waals surface area contributed by atoms with Crippen molar-refractivity contribution in [1.29, 1.82) is 0 Å². The monoisotopic (exact) mass is 492 g/mol. The Morgan fingerprint density at radius 3 is 1.91 bits per heavy atom. The fraction of sp³-hybridized carbons (Fsp3) is 0.960. The van der Waals surface area contributed by atoms with Gasteiger partial charge < -0.3 is 14.6 Å². The summed E-state index contributed by atoms with van der Waals surface area (Å²) in [5, 5.41) is 9.81. The van der Waals surface area contributed by atoms with E-state index in [-0.39, 0.29) is 18.0 Å². The second kappa shape index (κ2) is 21.4. The fourth-order valence-corrected chi connectivity index (χ4v) is 5.44. The molecule has 0 heterocycles. The third kappa shape index (κ3) is 14.9. The number of ether oxygens (including phenoxy) is 2. The number of carbonyl (C=O) groups is 1. The molecular weight excluding hydrogens is 443 g/mol. The summed E-state index contributed by atoms with van der Waals surface area (Å²) in [7, 11) is -0.659. The molecule has 32 heavy (non-hydrogen) atoms. The summed E-state index contributed by atoms with van der Waals surface area (Å²) in [6, 6.07) is 0. The van der Waals surface area contributed by atoms with Crippen LogP contribution in [-0.2, 0) is 18.8 Å². The Morgan fingerprint density at radius 2 is 1.41 bits per heavy atom. The normalized spacial score (nSPS) is 15.5. The topological polar surface area (TPSA) is 72.8 Å². The minimum Gasteiger partial charge on any atom is -0.477 e. The fourth-order valence-electron chi connectivity index (χ4n) is 3.67. The first-order chi connectivity index (χ1) is 15.5.